The number of nitrogens with one attached hydrogen (secondary N) is 1. The maximum absolute atomic E-state index is 12.9. The molecular weight excluding hydrogens is 297 g/mol. The van der Waals surface area contributed by atoms with E-state index in [1.54, 1.807) is 24.7 Å². The fourth-order valence-electron chi connectivity index (χ4n) is 2.78. The van der Waals surface area contributed by atoms with E-state index in [4.69, 9.17) is 4.42 Å². The van der Waals surface area contributed by atoms with Crippen LogP contribution in [0.4, 0.5) is 4.39 Å². The zero-order chi connectivity index (χ0) is 15.6. The minimum atomic E-state index is -0.264. The van der Waals surface area contributed by atoms with E-state index in [1.165, 1.54) is 12.1 Å². The molecule has 0 amide bonds. The average Bonchev–Trinajstić information content (AvgIpc) is 3.22. The van der Waals surface area contributed by atoms with Crippen molar-refractivity contribution in [2.45, 2.75) is 32.0 Å². The molecule has 0 unspecified atom stereocenters. The van der Waals surface area contributed by atoms with Crippen LogP contribution >= 0.6 is 0 Å². The van der Waals surface area contributed by atoms with Crippen LogP contribution in [0.25, 0.3) is 11.3 Å². The van der Waals surface area contributed by atoms with Gasteiger partial charge in [0.1, 0.15) is 18.0 Å². The first-order valence-corrected chi connectivity index (χ1v) is 7.58. The van der Waals surface area contributed by atoms with E-state index in [1.807, 2.05) is 4.68 Å². The molecule has 1 aromatic carbocycles. The van der Waals surface area contributed by atoms with Crippen LogP contribution in [-0.4, -0.2) is 25.8 Å². The number of halogens is 1. The summed E-state index contributed by atoms with van der Waals surface area (Å²) in [6.45, 7) is 1.36. The Morgan fingerprint density at radius 3 is 3.00 bits per heavy atom. The summed E-state index contributed by atoms with van der Waals surface area (Å²) >= 11 is 0. The Bertz CT molecular complexity index is 795. The molecule has 118 valence electrons. The van der Waals surface area contributed by atoms with E-state index >= 15 is 0 Å². The zero-order valence-corrected chi connectivity index (χ0v) is 12.4. The van der Waals surface area contributed by atoms with Gasteiger partial charge >= 0.3 is 0 Å². The maximum atomic E-state index is 12.9. The summed E-state index contributed by atoms with van der Waals surface area (Å²) in [6.07, 6.45) is 5.20. The van der Waals surface area contributed by atoms with Crippen molar-refractivity contribution in [1.82, 2.24) is 25.1 Å². The molecule has 0 fully saturated rings. The molecule has 0 bridgehead atoms. The molecule has 0 spiro atoms. The van der Waals surface area contributed by atoms with Gasteiger partial charge in [0, 0.05) is 18.0 Å². The third-order valence-corrected chi connectivity index (χ3v) is 4.03. The molecule has 6 nitrogen and oxygen atoms in total. The van der Waals surface area contributed by atoms with Crippen molar-refractivity contribution in [2.75, 3.05) is 0 Å². The molecule has 1 aliphatic rings. The number of rotatable bonds is 4. The lowest BCUT2D eigenvalue weighted by Crippen LogP contribution is -2.37. The lowest BCUT2D eigenvalue weighted by atomic mass is 10.1. The van der Waals surface area contributed by atoms with Crippen molar-refractivity contribution < 1.29 is 8.81 Å². The molecule has 0 radical (unpaired) electrons. The Labute approximate surface area is 132 Å². The van der Waals surface area contributed by atoms with Crippen LogP contribution in [0.1, 0.15) is 18.1 Å². The molecule has 1 aliphatic heterocycles. The highest BCUT2D eigenvalue weighted by Gasteiger charge is 2.19. The number of oxazole rings is 1. The summed E-state index contributed by atoms with van der Waals surface area (Å²) in [5.41, 5.74) is 0.815. The van der Waals surface area contributed by atoms with Gasteiger partial charge in [-0.05, 0) is 30.7 Å². The quantitative estimate of drug-likeness (QED) is 0.799. The van der Waals surface area contributed by atoms with Crippen LogP contribution in [-0.2, 0) is 19.5 Å². The fourth-order valence-corrected chi connectivity index (χ4v) is 2.78. The summed E-state index contributed by atoms with van der Waals surface area (Å²) in [5.74, 6) is 2.04. The minimum Gasteiger partial charge on any atom is -0.439 e. The standard InChI is InChI=1S/C16H16FN5O/c17-12-3-1-11(2-4-12)14-7-19-16(23-14)8-18-13-5-6-15-20-10-21-22(15)9-13/h1-4,7,10,13,18H,5-6,8-9H2/t13-/m0/s1. The second-order valence-corrected chi connectivity index (χ2v) is 5.60. The van der Waals surface area contributed by atoms with Crippen LogP contribution in [0.3, 0.4) is 0 Å². The minimum absolute atomic E-state index is 0.264. The molecule has 23 heavy (non-hydrogen) atoms. The largest absolute Gasteiger partial charge is 0.439 e. The summed E-state index contributed by atoms with van der Waals surface area (Å²) in [4.78, 5) is 8.50. The molecule has 7 heteroatoms. The normalized spacial score (nSPS) is 17.2. The maximum Gasteiger partial charge on any atom is 0.208 e. The van der Waals surface area contributed by atoms with Gasteiger partial charge in [0.25, 0.3) is 0 Å². The van der Waals surface area contributed by atoms with Crippen LogP contribution in [0.15, 0.2) is 41.2 Å². The second kappa shape index (κ2) is 5.92. The zero-order valence-electron chi connectivity index (χ0n) is 12.4. The van der Waals surface area contributed by atoms with E-state index in [2.05, 4.69) is 20.4 Å². The van der Waals surface area contributed by atoms with Gasteiger partial charge in [-0.3, -0.25) is 0 Å². The Kier molecular flexibility index (Phi) is 3.63. The number of hydrogen-bond acceptors (Lipinski definition) is 5. The van der Waals surface area contributed by atoms with Crippen LogP contribution in [0.5, 0.6) is 0 Å². The van der Waals surface area contributed by atoms with E-state index < -0.39 is 0 Å². The highest BCUT2D eigenvalue weighted by atomic mass is 19.1. The summed E-state index contributed by atoms with van der Waals surface area (Å²) in [6, 6.07) is 6.51. The third kappa shape index (κ3) is 3.00. The number of hydrogen-bond donors (Lipinski definition) is 1. The first kappa shape index (κ1) is 14.1. The molecule has 0 saturated carbocycles. The Balaban J connectivity index is 1.38. The topological polar surface area (TPSA) is 68.8 Å². The summed E-state index contributed by atoms with van der Waals surface area (Å²) in [5, 5.41) is 7.65. The first-order valence-electron chi connectivity index (χ1n) is 7.58. The van der Waals surface area contributed by atoms with Crippen LogP contribution < -0.4 is 5.32 Å². The number of aromatic nitrogens is 4. The molecule has 1 atom stereocenters. The van der Waals surface area contributed by atoms with Gasteiger partial charge in [0.2, 0.25) is 5.89 Å². The molecule has 0 saturated heterocycles. The van der Waals surface area contributed by atoms with Gasteiger partial charge < -0.3 is 9.73 Å². The van der Waals surface area contributed by atoms with Crippen molar-refractivity contribution >= 4 is 0 Å². The lowest BCUT2D eigenvalue weighted by molar-refractivity contribution is 0.342. The Morgan fingerprint density at radius 1 is 1.26 bits per heavy atom. The SMILES string of the molecule is Fc1ccc(-c2cnc(CN[C@H]3CCc4ncnn4C3)o2)cc1. The highest BCUT2D eigenvalue weighted by Crippen LogP contribution is 2.21. The third-order valence-electron chi connectivity index (χ3n) is 4.03. The number of fused-ring (bicyclic) bond motifs is 1. The van der Waals surface area contributed by atoms with Gasteiger partial charge in [-0.2, -0.15) is 5.10 Å². The molecule has 2 aromatic heterocycles. The van der Waals surface area contributed by atoms with Gasteiger partial charge in [0.05, 0.1) is 19.3 Å². The molecule has 4 rings (SSSR count). The van der Waals surface area contributed by atoms with Crippen molar-refractivity contribution in [1.29, 1.82) is 0 Å². The molecule has 0 aliphatic carbocycles. The Hall–Kier alpha value is -2.54. The van der Waals surface area contributed by atoms with Gasteiger partial charge in [-0.25, -0.2) is 19.0 Å². The monoisotopic (exact) mass is 313 g/mol. The van der Waals surface area contributed by atoms with E-state index in [9.17, 15) is 4.39 Å². The van der Waals surface area contributed by atoms with E-state index in [0.29, 0.717) is 24.2 Å². The van der Waals surface area contributed by atoms with Crippen molar-refractivity contribution in [2.24, 2.45) is 0 Å². The van der Waals surface area contributed by atoms with Crippen molar-refractivity contribution in [3.05, 3.63) is 54.3 Å². The van der Waals surface area contributed by atoms with E-state index in [0.717, 1.165) is 30.8 Å². The van der Waals surface area contributed by atoms with Crippen LogP contribution in [0.2, 0.25) is 0 Å². The number of benzene rings is 1. The Morgan fingerprint density at radius 2 is 2.13 bits per heavy atom. The smallest absolute Gasteiger partial charge is 0.208 e. The molecule has 3 heterocycles. The molecule has 1 N–H and O–H groups in total. The fraction of sp³-hybridized carbons (Fsp3) is 0.312. The van der Waals surface area contributed by atoms with Crippen molar-refractivity contribution in [3.8, 4) is 11.3 Å². The number of aryl methyl sites for hydroxylation is 1. The summed E-state index contributed by atoms with van der Waals surface area (Å²) in [7, 11) is 0. The molecule has 3 aromatic rings. The predicted molar refractivity (Wildman–Crippen MR) is 80.9 cm³/mol. The lowest BCUT2D eigenvalue weighted by Gasteiger charge is -2.22. The van der Waals surface area contributed by atoms with Gasteiger partial charge in [0.15, 0.2) is 5.76 Å². The van der Waals surface area contributed by atoms with Gasteiger partial charge in [-0.15, -0.1) is 0 Å². The van der Waals surface area contributed by atoms with E-state index in [-0.39, 0.29) is 5.82 Å². The first-order chi connectivity index (χ1) is 11.3. The van der Waals surface area contributed by atoms with Crippen LogP contribution in [0, 0.1) is 5.82 Å². The number of nitrogens with zero attached hydrogens (tertiary/aromatic N) is 4. The van der Waals surface area contributed by atoms with Gasteiger partial charge in [-0.1, -0.05) is 0 Å². The second-order valence-electron chi connectivity index (χ2n) is 5.60. The van der Waals surface area contributed by atoms with Crippen molar-refractivity contribution in [3.63, 3.8) is 0 Å². The summed E-state index contributed by atoms with van der Waals surface area (Å²) < 4.78 is 20.6. The average molecular weight is 313 g/mol. The predicted octanol–water partition coefficient (Wildman–Crippen LogP) is 2.18. The highest BCUT2D eigenvalue weighted by molar-refractivity contribution is 5.55. The molecular formula is C16H16FN5O.